The van der Waals surface area contributed by atoms with Crippen molar-refractivity contribution in [2.24, 2.45) is 11.8 Å². The smallest absolute Gasteiger partial charge is 0.292 e. The van der Waals surface area contributed by atoms with Crippen molar-refractivity contribution in [3.8, 4) is 0 Å². The van der Waals surface area contributed by atoms with Gasteiger partial charge in [-0.1, -0.05) is 19.0 Å². The molecule has 24 heavy (non-hydrogen) atoms. The fraction of sp³-hybridized carbons (Fsp3) is 0.750. The van der Waals surface area contributed by atoms with E-state index in [2.05, 4.69) is 19.0 Å². The first kappa shape index (κ1) is 17.4. The highest BCUT2D eigenvalue weighted by Gasteiger charge is 2.47. The molecule has 1 aromatic heterocycles. The summed E-state index contributed by atoms with van der Waals surface area (Å²) >= 11 is 0. The van der Waals surface area contributed by atoms with Crippen molar-refractivity contribution in [3.63, 3.8) is 0 Å². The zero-order valence-corrected chi connectivity index (χ0v) is 15.0. The number of sulfonamides is 1. The zero-order valence-electron chi connectivity index (χ0n) is 14.2. The van der Waals surface area contributed by atoms with Gasteiger partial charge in [0.05, 0.1) is 11.4 Å². The Labute approximate surface area is 143 Å². The summed E-state index contributed by atoms with van der Waals surface area (Å²) in [6.07, 6.45) is 3.53. The van der Waals surface area contributed by atoms with Gasteiger partial charge >= 0.3 is 0 Å². The van der Waals surface area contributed by atoms with E-state index >= 15 is 0 Å². The number of hydrogen-bond donors (Lipinski definition) is 0. The van der Waals surface area contributed by atoms with Crippen molar-refractivity contribution in [2.45, 2.75) is 38.4 Å². The van der Waals surface area contributed by atoms with Crippen molar-refractivity contribution < 1.29 is 17.7 Å². The maximum atomic E-state index is 12.8. The highest BCUT2D eigenvalue weighted by Crippen LogP contribution is 2.34. The molecule has 1 amide bonds. The Morgan fingerprint density at radius 1 is 1.38 bits per heavy atom. The normalized spacial score (nSPS) is 27.2. The maximum absolute atomic E-state index is 12.8. The Bertz CT molecular complexity index is 672. The first-order chi connectivity index (χ1) is 11.4. The number of aromatic nitrogens is 1. The fourth-order valence-corrected chi connectivity index (χ4v) is 5.86. The number of hydrogen-bond acceptors (Lipinski definition) is 5. The van der Waals surface area contributed by atoms with Gasteiger partial charge in [-0.15, -0.1) is 0 Å². The van der Waals surface area contributed by atoms with Crippen molar-refractivity contribution >= 4 is 15.9 Å². The van der Waals surface area contributed by atoms with Gasteiger partial charge in [0.25, 0.3) is 5.91 Å². The van der Waals surface area contributed by atoms with Crippen LogP contribution in [-0.2, 0) is 10.0 Å². The van der Waals surface area contributed by atoms with E-state index in [1.54, 1.807) is 15.3 Å². The molecule has 2 aliphatic heterocycles. The molecular weight excluding hydrogens is 330 g/mol. The van der Waals surface area contributed by atoms with Crippen LogP contribution in [-0.4, -0.2) is 60.1 Å². The summed E-state index contributed by atoms with van der Waals surface area (Å²) in [5.74, 6) is 0.598. The van der Waals surface area contributed by atoms with Crippen LogP contribution in [0.5, 0.6) is 0 Å². The van der Waals surface area contributed by atoms with Crippen LogP contribution in [0.15, 0.2) is 16.8 Å². The van der Waals surface area contributed by atoms with Gasteiger partial charge < -0.3 is 9.42 Å². The van der Waals surface area contributed by atoms with E-state index in [1.807, 2.05) is 0 Å². The quantitative estimate of drug-likeness (QED) is 0.819. The minimum Gasteiger partial charge on any atom is -0.351 e. The Balaban J connectivity index is 1.67. The monoisotopic (exact) mass is 355 g/mol. The van der Waals surface area contributed by atoms with E-state index in [-0.39, 0.29) is 22.8 Å². The number of likely N-dealkylation sites (tertiary alicyclic amines) is 1. The minimum absolute atomic E-state index is 0.106. The van der Waals surface area contributed by atoms with Gasteiger partial charge in [0.2, 0.25) is 15.8 Å². The molecular formula is C16H25N3O4S. The number of carbonyl (C=O) groups is 1. The molecule has 0 unspecified atom stereocenters. The summed E-state index contributed by atoms with van der Waals surface area (Å²) in [7, 11) is -3.25. The second-order valence-electron chi connectivity index (χ2n) is 7.13. The maximum Gasteiger partial charge on any atom is 0.292 e. The van der Waals surface area contributed by atoms with Crippen LogP contribution in [0.4, 0.5) is 0 Å². The second-order valence-corrected chi connectivity index (χ2v) is 9.28. The van der Waals surface area contributed by atoms with Crippen molar-refractivity contribution in [1.29, 1.82) is 0 Å². The average molecular weight is 355 g/mol. The molecule has 3 rings (SSSR count). The van der Waals surface area contributed by atoms with E-state index in [0.29, 0.717) is 44.9 Å². The van der Waals surface area contributed by atoms with E-state index in [0.717, 1.165) is 6.42 Å². The first-order valence-electron chi connectivity index (χ1n) is 8.58. The topological polar surface area (TPSA) is 83.7 Å². The third-order valence-electron chi connectivity index (χ3n) is 5.05. The summed E-state index contributed by atoms with van der Waals surface area (Å²) in [6, 6.07) is 1.54. The molecule has 0 radical (unpaired) electrons. The summed E-state index contributed by atoms with van der Waals surface area (Å²) in [4.78, 5) is 14.1. The molecule has 3 heterocycles. The van der Waals surface area contributed by atoms with Gasteiger partial charge in [0.15, 0.2) is 0 Å². The van der Waals surface area contributed by atoms with Gasteiger partial charge in [0.1, 0.15) is 0 Å². The Morgan fingerprint density at radius 3 is 2.79 bits per heavy atom. The largest absolute Gasteiger partial charge is 0.351 e. The molecule has 134 valence electrons. The van der Waals surface area contributed by atoms with Crippen LogP contribution >= 0.6 is 0 Å². The highest BCUT2D eigenvalue weighted by atomic mass is 32.2. The van der Waals surface area contributed by atoms with Gasteiger partial charge in [-0.25, -0.2) is 12.7 Å². The van der Waals surface area contributed by atoms with Crippen LogP contribution in [0.25, 0.3) is 0 Å². The van der Waals surface area contributed by atoms with Gasteiger partial charge in [-0.2, -0.15) is 0 Å². The number of amides is 1. The molecule has 1 aromatic rings. The van der Waals surface area contributed by atoms with Crippen LogP contribution in [0.2, 0.25) is 0 Å². The summed E-state index contributed by atoms with van der Waals surface area (Å²) in [5, 5.41) is 3.20. The Kier molecular flexibility index (Phi) is 4.96. The van der Waals surface area contributed by atoms with Crippen LogP contribution < -0.4 is 0 Å². The van der Waals surface area contributed by atoms with Crippen molar-refractivity contribution in [2.75, 3.05) is 26.2 Å². The van der Waals surface area contributed by atoms with Gasteiger partial charge in [0, 0.05) is 32.2 Å². The molecule has 0 N–H and O–H groups in total. The predicted molar refractivity (Wildman–Crippen MR) is 88.9 cm³/mol. The average Bonchev–Trinajstić information content (AvgIpc) is 3.06. The van der Waals surface area contributed by atoms with Crippen LogP contribution in [0.1, 0.15) is 43.7 Å². The third-order valence-corrected chi connectivity index (χ3v) is 7.49. The fourth-order valence-electron chi connectivity index (χ4n) is 3.60. The van der Waals surface area contributed by atoms with Crippen molar-refractivity contribution in [3.05, 3.63) is 18.0 Å². The Hall–Kier alpha value is -1.41. The molecule has 2 fully saturated rings. The lowest BCUT2D eigenvalue weighted by atomic mass is 10.0. The lowest BCUT2D eigenvalue weighted by molar-refractivity contribution is 0.0717. The lowest BCUT2D eigenvalue weighted by Crippen LogP contribution is -2.35. The number of nitrogens with zero attached hydrogens (tertiary/aromatic N) is 3. The molecule has 2 saturated heterocycles. The molecule has 0 saturated carbocycles. The first-order valence-corrected chi connectivity index (χ1v) is 10.1. The molecule has 7 nitrogen and oxygen atoms in total. The summed E-state index contributed by atoms with van der Waals surface area (Å²) in [5.41, 5.74) is 0. The van der Waals surface area contributed by atoms with E-state index in [1.165, 1.54) is 6.20 Å². The van der Waals surface area contributed by atoms with Crippen LogP contribution in [0, 0.1) is 11.8 Å². The molecule has 0 aromatic carbocycles. The van der Waals surface area contributed by atoms with E-state index in [9.17, 15) is 13.2 Å². The predicted octanol–water partition coefficient (Wildman–Crippen LogP) is 1.59. The molecule has 0 spiro atoms. The number of fused-ring (bicyclic) bond motifs is 1. The van der Waals surface area contributed by atoms with E-state index < -0.39 is 10.0 Å². The van der Waals surface area contributed by atoms with Gasteiger partial charge in [-0.05, 0) is 31.1 Å². The highest BCUT2D eigenvalue weighted by molar-refractivity contribution is 7.90. The summed E-state index contributed by atoms with van der Waals surface area (Å²) in [6.45, 7) is 6.41. The van der Waals surface area contributed by atoms with Crippen LogP contribution in [0.3, 0.4) is 0 Å². The molecule has 2 aliphatic rings. The summed E-state index contributed by atoms with van der Waals surface area (Å²) < 4.78 is 32.2. The minimum atomic E-state index is -3.25. The third kappa shape index (κ3) is 3.35. The SMILES string of the molecule is CC(C)CCN1C[C@@H]2CCN(C(=O)c3ccno3)CC[C@@H]2S1(=O)=O. The molecule has 0 aliphatic carbocycles. The Morgan fingerprint density at radius 2 is 2.12 bits per heavy atom. The molecule has 2 atom stereocenters. The zero-order chi connectivity index (χ0) is 17.3. The van der Waals surface area contributed by atoms with Gasteiger partial charge in [-0.3, -0.25) is 4.79 Å². The number of carbonyl (C=O) groups excluding carboxylic acids is 1. The molecule has 8 heteroatoms. The van der Waals surface area contributed by atoms with Crippen molar-refractivity contribution in [1.82, 2.24) is 14.4 Å². The molecule has 0 bridgehead atoms. The second kappa shape index (κ2) is 6.84. The standard InChI is InChI=1S/C16H25N3O4S/c1-12(2)4-10-19-11-13-5-8-18(9-6-15(13)24(19,21)22)16(20)14-3-7-17-23-14/h3,7,12-13,15H,4-6,8-11H2,1-2H3/t13-,15-/m0/s1. The van der Waals surface area contributed by atoms with E-state index in [4.69, 9.17) is 4.52 Å². The lowest BCUT2D eigenvalue weighted by Gasteiger charge is -2.21. The number of rotatable bonds is 4.